The minimum Gasteiger partial charge on any atom is -0.393 e. The molecule has 0 saturated heterocycles. The first-order valence-electron chi connectivity index (χ1n) is 12.2. The van der Waals surface area contributed by atoms with Crippen LogP contribution in [0.15, 0.2) is 0 Å². The molecule has 2 heteroatoms. The van der Waals surface area contributed by atoms with Gasteiger partial charge in [-0.1, -0.05) is 27.2 Å². The summed E-state index contributed by atoms with van der Waals surface area (Å²) in [5.41, 5.74) is 1.07. The van der Waals surface area contributed by atoms with E-state index < -0.39 is 0 Å². The van der Waals surface area contributed by atoms with Gasteiger partial charge in [0.2, 0.25) is 0 Å². The lowest BCUT2D eigenvalue weighted by Gasteiger charge is -2.61. The molecule has 7 unspecified atom stereocenters. The second-order valence-electron chi connectivity index (χ2n) is 11.4. The molecule has 0 amide bonds. The Hall–Kier alpha value is -0.0800. The molecular formula is C25H44O2. The van der Waals surface area contributed by atoms with E-state index >= 15 is 0 Å². The Morgan fingerprint density at radius 3 is 2.44 bits per heavy atom. The van der Waals surface area contributed by atoms with E-state index in [1.165, 1.54) is 57.8 Å². The van der Waals surface area contributed by atoms with Gasteiger partial charge in [-0.15, -0.1) is 0 Å². The van der Waals surface area contributed by atoms with Crippen molar-refractivity contribution in [2.45, 2.75) is 116 Å². The second kappa shape index (κ2) is 7.63. The van der Waals surface area contributed by atoms with Gasteiger partial charge < -0.3 is 10.2 Å². The minimum atomic E-state index is -0.0809. The van der Waals surface area contributed by atoms with Crippen molar-refractivity contribution in [3.8, 4) is 0 Å². The van der Waals surface area contributed by atoms with Crippen molar-refractivity contribution < 1.29 is 10.2 Å². The molecule has 4 aliphatic rings. The largest absolute Gasteiger partial charge is 0.393 e. The molecule has 4 aliphatic carbocycles. The maximum atomic E-state index is 10.2. The molecule has 0 aliphatic heterocycles. The van der Waals surface area contributed by atoms with Crippen LogP contribution in [-0.4, -0.2) is 22.4 Å². The van der Waals surface area contributed by atoms with Crippen LogP contribution in [0.2, 0.25) is 0 Å². The normalized spacial score (nSPS) is 50.6. The summed E-state index contributed by atoms with van der Waals surface area (Å²) >= 11 is 0. The fourth-order valence-corrected chi connectivity index (χ4v) is 8.62. The lowest BCUT2D eigenvalue weighted by molar-refractivity contribution is -0.127. The van der Waals surface area contributed by atoms with E-state index in [4.69, 9.17) is 0 Å². The van der Waals surface area contributed by atoms with Crippen LogP contribution in [0.1, 0.15) is 104 Å². The van der Waals surface area contributed by atoms with E-state index in [9.17, 15) is 10.2 Å². The molecule has 2 N–H and O–H groups in total. The van der Waals surface area contributed by atoms with Gasteiger partial charge in [-0.05, 0) is 117 Å². The van der Waals surface area contributed by atoms with Gasteiger partial charge >= 0.3 is 0 Å². The Labute approximate surface area is 167 Å². The summed E-state index contributed by atoms with van der Waals surface area (Å²) in [5, 5.41) is 20.1. The minimum absolute atomic E-state index is 0.0252. The maximum Gasteiger partial charge on any atom is 0.0543 e. The highest BCUT2D eigenvalue weighted by atomic mass is 16.3. The Kier molecular flexibility index (Phi) is 5.71. The summed E-state index contributed by atoms with van der Waals surface area (Å²) < 4.78 is 0. The van der Waals surface area contributed by atoms with Crippen molar-refractivity contribution in [1.82, 2.24) is 0 Å². The molecule has 0 radical (unpaired) electrons. The number of hydrogen-bond acceptors (Lipinski definition) is 2. The highest BCUT2D eigenvalue weighted by Gasteiger charge is 2.59. The van der Waals surface area contributed by atoms with Gasteiger partial charge in [-0.3, -0.25) is 0 Å². The third kappa shape index (κ3) is 3.41. The van der Waals surface area contributed by atoms with Crippen LogP contribution >= 0.6 is 0 Å². The summed E-state index contributed by atoms with van der Waals surface area (Å²) in [4.78, 5) is 0. The van der Waals surface area contributed by atoms with E-state index in [0.717, 1.165) is 55.3 Å². The van der Waals surface area contributed by atoms with Crippen LogP contribution in [0.4, 0.5) is 0 Å². The molecule has 4 fully saturated rings. The van der Waals surface area contributed by atoms with E-state index in [1.807, 2.05) is 0 Å². The highest BCUT2D eigenvalue weighted by molar-refractivity contribution is 5.09. The fourth-order valence-electron chi connectivity index (χ4n) is 8.62. The summed E-state index contributed by atoms with van der Waals surface area (Å²) in [6.07, 6.45) is 16.3. The molecule has 0 aromatic rings. The summed E-state index contributed by atoms with van der Waals surface area (Å²) in [6, 6.07) is 0. The van der Waals surface area contributed by atoms with Gasteiger partial charge in [-0.25, -0.2) is 0 Å². The van der Waals surface area contributed by atoms with Crippen LogP contribution in [-0.2, 0) is 0 Å². The lowest BCUT2D eigenvalue weighted by atomic mass is 9.44. The number of fused-ring (bicyclic) bond motifs is 5. The Morgan fingerprint density at radius 1 is 0.926 bits per heavy atom. The van der Waals surface area contributed by atoms with Crippen molar-refractivity contribution in [3.05, 3.63) is 0 Å². The first-order chi connectivity index (χ1) is 12.9. The van der Waals surface area contributed by atoms with Crippen LogP contribution in [0.3, 0.4) is 0 Å². The van der Waals surface area contributed by atoms with E-state index in [1.54, 1.807) is 0 Å². The number of hydrogen-bond donors (Lipinski definition) is 2. The number of aliphatic hydroxyl groups is 2. The molecule has 156 valence electrons. The monoisotopic (exact) mass is 376 g/mol. The molecular weight excluding hydrogens is 332 g/mol. The molecule has 9 atom stereocenters. The van der Waals surface area contributed by atoms with Gasteiger partial charge in [0, 0.05) is 0 Å². The predicted molar refractivity (Wildman–Crippen MR) is 111 cm³/mol. The zero-order chi connectivity index (χ0) is 19.2. The molecule has 2 nitrogen and oxygen atoms in total. The summed E-state index contributed by atoms with van der Waals surface area (Å²) in [7, 11) is 0. The quantitative estimate of drug-likeness (QED) is 0.622. The Morgan fingerprint density at radius 2 is 1.67 bits per heavy atom. The average Bonchev–Trinajstić information content (AvgIpc) is 2.99. The van der Waals surface area contributed by atoms with Gasteiger partial charge in [0.25, 0.3) is 0 Å². The Balaban J connectivity index is 1.44. The number of rotatable bonds is 5. The first kappa shape index (κ1) is 20.2. The van der Waals surface area contributed by atoms with Crippen LogP contribution in [0, 0.1) is 40.4 Å². The third-order valence-electron chi connectivity index (χ3n) is 10.4. The second-order valence-corrected chi connectivity index (χ2v) is 11.4. The molecule has 0 aromatic heterocycles. The standard InChI is InChI=1S/C25H44O2/c1-4-19(26)7-5-6-17-9-11-22-21-10-8-18-16-20(27)12-14-25(18,3)23(21)13-15-24(17,22)2/h17-23,26-27H,4-16H2,1-3H3/t17-,18?,19?,20?,21?,22?,23?,24+,25?/m0/s1. The summed E-state index contributed by atoms with van der Waals surface area (Å²) in [6.45, 7) is 7.34. The zero-order valence-corrected chi connectivity index (χ0v) is 18.1. The highest BCUT2D eigenvalue weighted by Crippen LogP contribution is 2.67. The lowest BCUT2D eigenvalue weighted by Crippen LogP contribution is -2.53. The predicted octanol–water partition coefficient (Wildman–Crippen LogP) is 5.95. The van der Waals surface area contributed by atoms with Gasteiger partial charge in [0.05, 0.1) is 12.2 Å². The molecule has 4 saturated carbocycles. The van der Waals surface area contributed by atoms with E-state index in [2.05, 4.69) is 20.8 Å². The van der Waals surface area contributed by atoms with Crippen LogP contribution in [0.25, 0.3) is 0 Å². The molecule has 0 bridgehead atoms. The van der Waals surface area contributed by atoms with Gasteiger partial charge in [-0.2, -0.15) is 0 Å². The fraction of sp³-hybridized carbons (Fsp3) is 1.00. The van der Waals surface area contributed by atoms with Crippen molar-refractivity contribution in [1.29, 1.82) is 0 Å². The van der Waals surface area contributed by atoms with Gasteiger partial charge in [0.1, 0.15) is 0 Å². The smallest absolute Gasteiger partial charge is 0.0543 e. The molecule has 27 heavy (non-hydrogen) atoms. The molecule has 4 rings (SSSR count). The third-order valence-corrected chi connectivity index (χ3v) is 10.4. The zero-order valence-electron chi connectivity index (χ0n) is 18.1. The maximum absolute atomic E-state index is 10.2. The van der Waals surface area contributed by atoms with Gasteiger partial charge in [0.15, 0.2) is 0 Å². The van der Waals surface area contributed by atoms with E-state index in [0.29, 0.717) is 10.8 Å². The molecule has 0 spiro atoms. The van der Waals surface area contributed by atoms with Crippen molar-refractivity contribution in [3.63, 3.8) is 0 Å². The first-order valence-corrected chi connectivity index (χ1v) is 12.2. The van der Waals surface area contributed by atoms with Crippen molar-refractivity contribution in [2.24, 2.45) is 40.4 Å². The number of aliphatic hydroxyl groups excluding tert-OH is 2. The molecule has 0 heterocycles. The van der Waals surface area contributed by atoms with Crippen molar-refractivity contribution >= 4 is 0 Å². The van der Waals surface area contributed by atoms with Crippen LogP contribution in [0.5, 0.6) is 0 Å². The van der Waals surface area contributed by atoms with Crippen LogP contribution < -0.4 is 0 Å². The van der Waals surface area contributed by atoms with Crippen molar-refractivity contribution in [2.75, 3.05) is 0 Å². The molecule has 0 aromatic carbocycles. The average molecular weight is 377 g/mol. The SMILES string of the molecule is CCC(O)CCC[C@H]1CCC2C3CCC4CC(O)CCC4(C)C3CC[C@@]21C. The van der Waals surface area contributed by atoms with E-state index in [-0.39, 0.29) is 12.2 Å². The topological polar surface area (TPSA) is 40.5 Å². The summed E-state index contributed by atoms with van der Waals surface area (Å²) in [5.74, 6) is 4.49. The Bertz CT molecular complexity index is 518.